The van der Waals surface area contributed by atoms with E-state index in [0.717, 1.165) is 5.56 Å². The highest BCUT2D eigenvalue weighted by Gasteiger charge is 2.19. The number of aromatic nitrogens is 4. The summed E-state index contributed by atoms with van der Waals surface area (Å²) in [5.74, 6) is 0.433. The number of amides is 1. The number of para-hydroxylation sites is 2. The van der Waals surface area contributed by atoms with Gasteiger partial charge in [0, 0.05) is 0 Å². The van der Waals surface area contributed by atoms with Gasteiger partial charge in [0.05, 0.1) is 30.6 Å². The molecule has 0 spiro atoms. The van der Waals surface area contributed by atoms with Crippen molar-refractivity contribution in [1.29, 1.82) is 0 Å². The first-order valence-corrected chi connectivity index (χ1v) is 12.1. The van der Waals surface area contributed by atoms with E-state index in [9.17, 15) is 14.0 Å². The summed E-state index contributed by atoms with van der Waals surface area (Å²) >= 11 is 2.54. The number of thiophene rings is 1. The number of carbonyl (C=O) groups excluding carboxylic acids is 1. The van der Waals surface area contributed by atoms with Crippen LogP contribution in [0.1, 0.15) is 5.56 Å². The molecule has 3 aromatic heterocycles. The number of hydrogen-bond acceptors (Lipinski definition) is 7. The highest BCUT2D eigenvalue weighted by atomic mass is 32.2. The lowest BCUT2D eigenvalue weighted by Crippen LogP contribution is -2.23. The van der Waals surface area contributed by atoms with Crippen molar-refractivity contribution < 1.29 is 13.9 Å². The van der Waals surface area contributed by atoms with Gasteiger partial charge < -0.3 is 10.1 Å². The molecule has 172 valence electrons. The molecule has 11 heteroatoms. The first-order chi connectivity index (χ1) is 16.5. The molecule has 5 aromatic rings. The van der Waals surface area contributed by atoms with E-state index in [1.807, 2.05) is 23.6 Å². The Morgan fingerprint density at radius 2 is 1.94 bits per heavy atom. The van der Waals surface area contributed by atoms with Crippen LogP contribution in [0.3, 0.4) is 0 Å². The van der Waals surface area contributed by atoms with Gasteiger partial charge in [-0.25, -0.2) is 4.39 Å². The predicted molar refractivity (Wildman–Crippen MR) is 130 cm³/mol. The van der Waals surface area contributed by atoms with Crippen LogP contribution in [0, 0.1) is 5.82 Å². The van der Waals surface area contributed by atoms with Crippen molar-refractivity contribution in [2.24, 2.45) is 0 Å². The summed E-state index contributed by atoms with van der Waals surface area (Å²) in [5, 5.41) is 13.7. The summed E-state index contributed by atoms with van der Waals surface area (Å²) in [4.78, 5) is 25.7. The van der Waals surface area contributed by atoms with Gasteiger partial charge in [-0.3, -0.25) is 18.6 Å². The highest BCUT2D eigenvalue weighted by Crippen LogP contribution is 2.26. The number of hydrogen-bond donors (Lipinski definition) is 1. The third kappa shape index (κ3) is 4.15. The third-order valence-corrected chi connectivity index (χ3v) is 6.97. The van der Waals surface area contributed by atoms with Crippen molar-refractivity contribution in [3.8, 4) is 5.75 Å². The maximum atomic E-state index is 13.3. The Balaban J connectivity index is 1.46. The molecule has 0 radical (unpaired) electrons. The van der Waals surface area contributed by atoms with Gasteiger partial charge in [0.15, 0.2) is 5.16 Å². The zero-order valence-corrected chi connectivity index (χ0v) is 19.5. The first-order valence-electron chi connectivity index (χ1n) is 10.2. The number of halogens is 1. The fourth-order valence-corrected chi connectivity index (χ4v) is 5.14. The fraction of sp³-hybridized carbons (Fsp3) is 0.130. The third-order valence-electron chi connectivity index (χ3n) is 5.15. The molecule has 2 aromatic carbocycles. The zero-order chi connectivity index (χ0) is 23.7. The smallest absolute Gasteiger partial charge is 0.273 e. The van der Waals surface area contributed by atoms with E-state index in [1.54, 1.807) is 35.8 Å². The van der Waals surface area contributed by atoms with Gasteiger partial charge in [0.2, 0.25) is 11.7 Å². The lowest BCUT2D eigenvalue weighted by molar-refractivity contribution is -0.113. The lowest BCUT2D eigenvalue weighted by Gasteiger charge is -2.10. The van der Waals surface area contributed by atoms with Gasteiger partial charge in [0.1, 0.15) is 16.3 Å². The van der Waals surface area contributed by atoms with Crippen LogP contribution < -0.4 is 15.6 Å². The number of fused-ring (bicyclic) bond motifs is 3. The molecule has 5 rings (SSSR count). The first kappa shape index (κ1) is 22.1. The van der Waals surface area contributed by atoms with E-state index in [4.69, 9.17) is 4.74 Å². The minimum Gasteiger partial charge on any atom is -0.495 e. The second kappa shape index (κ2) is 9.27. The summed E-state index contributed by atoms with van der Waals surface area (Å²) in [6, 6.07) is 15.0. The van der Waals surface area contributed by atoms with Crippen LogP contribution in [0.5, 0.6) is 5.75 Å². The zero-order valence-electron chi connectivity index (χ0n) is 17.9. The molecule has 0 aliphatic carbocycles. The van der Waals surface area contributed by atoms with Crippen molar-refractivity contribution in [3.05, 3.63) is 81.7 Å². The molecule has 0 saturated heterocycles. The minimum atomic E-state index is -0.345. The Morgan fingerprint density at radius 3 is 2.74 bits per heavy atom. The van der Waals surface area contributed by atoms with Crippen molar-refractivity contribution in [2.75, 3.05) is 18.2 Å². The van der Waals surface area contributed by atoms with Crippen LogP contribution in [0.15, 0.2) is 69.9 Å². The number of benzene rings is 2. The second-order valence-electron chi connectivity index (χ2n) is 7.31. The number of thioether (sulfide) groups is 1. The second-order valence-corrected chi connectivity index (χ2v) is 9.17. The topological polar surface area (TPSA) is 90.5 Å². The molecule has 0 aliphatic rings. The van der Waals surface area contributed by atoms with Crippen LogP contribution in [-0.4, -0.2) is 37.9 Å². The van der Waals surface area contributed by atoms with Gasteiger partial charge >= 0.3 is 0 Å². The normalized spacial score (nSPS) is 11.2. The van der Waals surface area contributed by atoms with Crippen molar-refractivity contribution in [2.45, 2.75) is 11.7 Å². The maximum absolute atomic E-state index is 13.3. The Morgan fingerprint density at radius 1 is 1.15 bits per heavy atom. The predicted octanol–water partition coefficient (Wildman–Crippen LogP) is 4.03. The Hall–Kier alpha value is -3.70. The quantitative estimate of drug-likeness (QED) is 0.343. The minimum absolute atomic E-state index is 0.0849. The summed E-state index contributed by atoms with van der Waals surface area (Å²) in [7, 11) is 1.54. The molecular formula is C23H18FN5O3S2. The number of rotatable bonds is 7. The monoisotopic (exact) mass is 495 g/mol. The number of carbonyl (C=O) groups is 1. The highest BCUT2D eigenvalue weighted by molar-refractivity contribution is 7.99. The molecule has 0 bridgehead atoms. The molecule has 0 aliphatic heterocycles. The van der Waals surface area contributed by atoms with E-state index >= 15 is 0 Å². The molecule has 0 fully saturated rings. The summed E-state index contributed by atoms with van der Waals surface area (Å²) in [6.45, 7) is 0.216. The summed E-state index contributed by atoms with van der Waals surface area (Å²) in [5.41, 5.74) is 1.82. The average molecular weight is 496 g/mol. The molecule has 1 amide bonds. The van der Waals surface area contributed by atoms with Crippen molar-refractivity contribution in [1.82, 2.24) is 19.2 Å². The van der Waals surface area contributed by atoms with Crippen LogP contribution in [0.25, 0.3) is 16.0 Å². The van der Waals surface area contributed by atoms with Crippen molar-refractivity contribution in [3.63, 3.8) is 0 Å². The van der Waals surface area contributed by atoms with Gasteiger partial charge in [-0.2, -0.15) is 0 Å². The Kier molecular flexibility index (Phi) is 6.03. The molecule has 34 heavy (non-hydrogen) atoms. The number of ether oxygens (including phenoxy) is 1. The van der Waals surface area contributed by atoms with Crippen LogP contribution in [0.2, 0.25) is 0 Å². The van der Waals surface area contributed by atoms with E-state index < -0.39 is 0 Å². The van der Waals surface area contributed by atoms with E-state index in [0.29, 0.717) is 32.6 Å². The number of nitrogens with one attached hydrogen (secondary N) is 1. The van der Waals surface area contributed by atoms with E-state index in [-0.39, 0.29) is 29.6 Å². The van der Waals surface area contributed by atoms with E-state index in [1.165, 1.54) is 39.8 Å². The number of anilines is 1. The number of nitrogens with zero attached hydrogens (tertiary/aromatic N) is 4. The van der Waals surface area contributed by atoms with Crippen molar-refractivity contribution >= 4 is 50.7 Å². The SMILES string of the molecule is COc1ccccc1NC(=O)CSc1nnc2n(Cc3ccc(F)cc3)c(=O)c3sccc3n12. The summed E-state index contributed by atoms with van der Waals surface area (Å²) in [6.07, 6.45) is 0. The Bertz CT molecular complexity index is 1560. The molecule has 0 saturated carbocycles. The van der Waals surface area contributed by atoms with Crippen LogP contribution in [-0.2, 0) is 11.3 Å². The standard InChI is InChI=1S/C23H18FN5O3S2/c1-32-18-5-3-2-4-16(18)25-19(30)13-34-23-27-26-22-28(12-14-6-8-15(24)9-7-14)21(31)20-17(29(22)23)10-11-33-20/h2-11H,12-13H2,1H3,(H,25,30). The van der Waals surface area contributed by atoms with E-state index in [2.05, 4.69) is 15.5 Å². The Labute approximate surface area is 201 Å². The van der Waals surface area contributed by atoms with Gasteiger partial charge in [-0.1, -0.05) is 36.0 Å². The van der Waals surface area contributed by atoms with Gasteiger partial charge in [-0.05, 0) is 41.3 Å². The molecule has 0 unspecified atom stereocenters. The number of methoxy groups -OCH3 is 1. The molecule has 8 nitrogen and oxygen atoms in total. The molecule has 3 heterocycles. The fourth-order valence-electron chi connectivity index (χ4n) is 3.57. The average Bonchev–Trinajstić information content (AvgIpc) is 3.49. The van der Waals surface area contributed by atoms with Gasteiger partial charge in [0.25, 0.3) is 5.56 Å². The largest absolute Gasteiger partial charge is 0.495 e. The van der Waals surface area contributed by atoms with Crippen LogP contribution in [0.4, 0.5) is 10.1 Å². The van der Waals surface area contributed by atoms with Crippen LogP contribution >= 0.6 is 23.1 Å². The van der Waals surface area contributed by atoms with Gasteiger partial charge in [-0.15, -0.1) is 21.5 Å². The maximum Gasteiger partial charge on any atom is 0.273 e. The molecule has 0 atom stereocenters. The molecular weight excluding hydrogens is 477 g/mol. The lowest BCUT2D eigenvalue weighted by atomic mass is 10.2. The summed E-state index contributed by atoms with van der Waals surface area (Å²) < 4.78 is 22.4. The molecule has 1 N–H and O–H groups in total.